The molecule has 0 heterocycles. The van der Waals surface area contributed by atoms with Crippen molar-refractivity contribution in [2.45, 2.75) is 31.3 Å². The van der Waals surface area contributed by atoms with E-state index in [-0.39, 0.29) is 24.0 Å². The summed E-state index contributed by atoms with van der Waals surface area (Å²) in [5.41, 5.74) is 6.03. The van der Waals surface area contributed by atoms with Crippen LogP contribution in [-0.2, 0) is 16.6 Å². The number of benzene rings is 1. The lowest BCUT2D eigenvalue weighted by Gasteiger charge is -2.25. The van der Waals surface area contributed by atoms with Crippen molar-refractivity contribution in [1.82, 2.24) is 4.31 Å². The summed E-state index contributed by atoms with van der Waals surface area (Å²) >= 11 is 0. The van der Waals surface area contributed by atoms with E-state index in [0.29, 0.717) is 5.56 Å². The number of nitrogens with two attached hydrogens (primary N) is 1. The van der Waals surface area contributed by atoms with Crippen molar-refractivity contribution < 1.29 is 12.8 Å². The van der Waals surface area contributed by atoms with Gasteiger partial charge in [-0.25, -0.2) is 12.8 Å². The van der Waals surface area contributed by atoms with Crippen molar-refractivity contribution >= 4 is 10.0 Å². The van der Waals surface area contributed by atoms with Crippen LogP contribution in [-0.4, -0.2) is 25.3 Å². The molecule has 1 aromatic rings. The molecular weight excluding hydrogens is 267 g/mol. The fraction of sp³-hybridized carbons (Fsp3) is 0.385. The molecule has 6 heteroatoms. The van der Waals surface area contributed by atoms with Crippen LogP contribution >= 0.6 is 0 Å². The molecule has 106 valence electrons. The average molecular weight is 286 g/mol. The van der Waals surface area contributed by atoms with Gasteiger partial charge in [-0.15, -0.1) is 6.58 Å². The number of nitrogens with zero attached hydrogens (tertiary/aromatic N) is 1. The van der Waals surface area contributed by atoms with E-state index < -0.39 is 15.8 Å². The van der Waals surface area contributed by atoms with Gasteiger partial charge < -0.3 is 5.73 Å². The molecule has 0 aliphatic rings. The maximum Gasteiger partial charge on any atom is 0.246 e. The third-order valence-electron chi connectivity index (χ3n) is 2.70. The van der Waals surface area contributed by atoms with E-state index in [2.05, 4.69) is 6.58 Å². The largest absolute Gasteiger partial charge is 0.326 e. The van der Waals surface area contributed by atoms with E-state index in [9.17, 15) is 12.8 Å². The van der Waals surface area contributed by atoms with E-state index in [0.717, 1.165) is 6.07 Å². The Labute approximate surface area is 113 Å². The molecule has 1 rings (SSSR count). The topological polar surface area (TPSA) is 63.4 Å². The molecule has 0 unspecified atom stereocenters. The van der Waals surface area contributed by atoms with Crippen LogP contribution in [0.3, 0.4) is 0 Å². The van der Waals surface area contributed by atoms with Gasteiger partial charge in [0.1, 0.15) is 10.7 Å². The number of hydrogen-bond donors (Lipinski definition) is 1. The highest BCUT2D eigenvalue weighted by molar-refractivity contribution is 7.89. The molecule has 0 amide bonds. The maximum atomic E-state index is 13.8. The Morgan fingerprint density at radius 2 is 2.11 bits per heavy atom. The van der Waals surface area contributed by atoms with Crippen LogP contribution < -0.4 is 5.73 Å². The van der Waals surface area contributed by atoms with Gasteiger partial charge in [0.2, 0.25) is 10.0 Å². The molecule has 0 fully saturated rings. The van der Waals surface area contributed by atoms with Crippen molar-refractivity contribution in [2.75, 3.05) is 6.54 Å². The van der Waals surface area contributed by atoms with Crippen LogP contribution in [0.15, 0.2) is 35.7 Å². The molecule has 0 spiro atoms. The summed E-state index contributed by atoms with van der Waals surface area (Å²) < 4.78 is 39.9. The van der Waals surface area contributed by atoms with Crippen LogP contribution in [0.1, 0.15) is 19.4 Å². The molecular formula is C13H19FN2O2S. The van der Waals surface area contributed by atoms with Crippen LogP contribution in [0.25, 0.3) is 0 Å². The first-order chi connectivity index (χ1) is 8.84. The van der Waals surface area contributed by atoms with E-state index in [4.69, 9.17) is 5.73 Å². The smallest absolute Gasteiger partial charge is 0.246 e. The molecule has 0 aliphatic heterocycles. The van der Waals surface area contributed by atoms with Gasteiger partial charge in [0.05, 0.1) is 0 Å². The molecule has 4 nitrogen and oxygen atoms in total. The lowest BCUT2D eigenvalue weighted by molar-refractivity contribution is 0.380. The van der Waals surface area contributed by atoms with Crippen LogP contribution in [0.5, 0.6) is 0 Å². The van der Waals surface area contributed by atoms with Crippen molar-refractivity contribution in [3.8, 4) is 0 Å². The summed E-state index contributed by atoms with van der Waals surface area (Å²) in [4.78, 5) is -0.342. The summed E-state index contributed by atoms with van der Waals surface area (Å²) in [6.07, 6.45) is 1.47. The van der Waals surface area contributed by atoms with Gasteiger partial charge in [-0.1, -0.05) is 12.1 Å². The first-order valence-corrected chi connectivity index (χ1v) is 7.39. The minimum atomic E-state index is -3.89. The Bertz CT molecular complexity index is 556. The molecule has 2 N–H and O–H groups in total. The second-order valence-electron chi connectivity index (χ2n) is 4.43. The Morgan fingerprint density at radius 1 is 1.47 bits per heavy atom. The van der Waals surface area contributed by atoms with Gasteiger partial charge in [-0.2, -0.15) is 4.31 Å². The SMILES string of the molecule is C=CCN(C(C)C)S(=O)(=O)c1cc(CN)ccc1F. The molecule has 0 bridgehead atoms. The number of rotatable bonds is 6. The minimum Gasteiger partial charge on any atom is -0.326 e. The number of halogens is 1. The van der Waals surface area contributed by atoms with Crippen molar-refractivity contribution in [1.29, 1.82) is 0 Å². The Hall–Kier alpha value is -1.24. The predicted molar refractivity (Wildman–Crippen MR) is 73.5 cm³/mol. The second-order valence-corrected chi connectivity index (χ2v) is 6.29. The van der Waals surface area contributed by atoms with Crippen LogP contribution in [0.4, 0.5) is 4.39 Å². The second kappa shape index (κ2) is 6.27. The fourth-order valence-corrected chi connectivity index (χ4v) is 3.44. The molecule has 1 aromatic carbocycles. The number of hydrogen-bond acceptors (Lipinski definition) is 3. The number of sulfonamides is 1. The predicted octanol–water partition coefficient (Wildman–Crippen LogP) is 1.87. The zero-order chi connectivity index (χ0) is 14.6. The molecule has 0 saturated heterocycles. The highest BCUT2D eigenvalue weighted by atomic mass is 32.2. The third kappa shape index (κ3) is 3.40. The zero-order valence-corrected chi connectivity index (χ0v) is 12.0. The fourth-order valence-electron chi connectivity index (χ4n) is 1.71. The summed E-state index contributed by atoms with van der Waals surface area (Å²) in [5.74, 6) is -0.771. The maximum absolute atomic E-state index is 13.8. The van der Waals surface area contributed by atoms with Gasteiger partial charge in [0, 0.05) is 19.1 Å². The Balaban J connectivity index is 3.36. The lowest BCUT2D eigenvalue weighted by Crippen LogP contribution is -2.37. The van der Waals surface area contributed by atoms with E-state index in [1.807, 2.05) is 0 Å². The van der Waals surface area contributed by atoms with Gasteiger partial charge in [0.25, 0.3) is 0 Å². The minimum absolute atomic E-state index is 0.131. The molecule has 0 aromatic heterocycles. The summed E-state index contributed by atoms with van der Waals surface area (Å²) in [6, 6.07) is 3.59. The quantitative estimate of drug-likeness (QED) is 0.812. The Morgan fingerprint density at radius 3 is 2.58 bits per heavy atom. The highest BCUT2D eigenvalue weighted by Gasteiger charge is 2.28. The first-order valence-electron chi connectivity index (χ1n) is 5.95. The van der Waals surface area contributed by atoms with E-state index in [1.165, 1.54) is 22.5 Å². The van der Waals surface area contributed by atoms with Crippen molar-refractivity contribution in [3.63, 3.8) is 0 Å². The van der Waals surface area contributed by atoms with Crippen LogP contribution in [0.2, 0.25) is 0 Å². The molecule has 19 heavy (non-hydrogen) atoms. The van der Waals surface area contributed by atoms with Gasteiger partial charge in [0.15, 0.2) is 0 Å². The Kier molecular flexibility index (Phi) is 5.22. The first kappa shape index (κ1) is 15.8. The summed E-state index contributed by atoms with van der Waals surface area (Å²) in [5, 5.41) is 0. The lowest BCUT2D eigenvalue weighted by atomic mass is 10.2. The molecule has 0 radical (unpaired) electrons. The van der Waals surface area contributed by atoms with Gasteiger partial charge >= 0.3 is 0 Å². The van der Waals surface area contributed by atoms with Gasteiger partial charge in [-0.05, 0) is 31.5 Å². The third-order valence-corrected chi connectivity index (χ3v) is 4.76. The van der Waals surface area contributed by atoms with E-state index >= 15 is 0 Å². The van der Waals surface area contributed by atoms with Crippen LogP contribution in [0, 0.1) is 5.82 Å². The van der Waals surface area contributed by atoms with E-state index in [1.54, 1.807) is 13.8 Å². The normalized spacial score (nSPS) is 12.1. The highest BCUT2D eigenvalue weighted by Crippen LogP contribution is 2.22. The zero-order valence-electron chi connectivity index (χ0n) is 11.1. The summed E-state index contributed by atoms with van der Waals surface area (Å²) in [7, 11) is -3.89. The molecule has 0 saturated carbocycles. The average Bonchev–Trinajstić information content (AvgIpc) is 2.35. The van der Waals surface area contributed by atoms with Crippen molar-refractivity contribution in [3.05, 3.63) is 42.2 Å². The van der Waals surface area contributed by atoms with Crippen molar-refractivity contribution in [2.24, 2.45) is 5.73 Å². The molecule has 0 atom stereocenters. The monoisotopic (exact) mass is 286 g/mol. The molecule has 0 aliphatic carbocycles. The standard InChI is InChI=1S/C13H19FN2O2S/c1-4-7-16(10(2)3)19(17,18)13-8-11(9-15)5-6-12(13)14/h4-6,8,10H,1,7,9,15H2,2-3H3. The van der Waals surface area contributed by atoms with Gasteiger partial charge in [-0.3, -0.25) is 0 Å². The summed E-state index contributed by atoms with van der Waals surface area (Å²) in [6.45, 7) is 7.27.